The SMILES string of the molecule is CC(Cc1ccccc1F)Nc1c(Br)cccc1Br. The Bertz CT molecular complexity index is 552. The third kappa shape index (κ3) is 3.80. The topological polar surface area (TPSA) is 12.0 Å². The highest BCUT2D eigenvalue weighted by Gasteiger charge is 2.10. The molecule has 0 aliphatic heterocycles. The standard InChI is InChI=1S/C15H14Br2FN/c1-10(9-11-5-2-3-8-14(11)18)19-15-12(16)6-4-7-13(15)17/h2-8,10,19H,9H2,1H3. The molecular formula is C15H14Br2FN. The molecule has 1 N–H and O–H groups in total. The minimum atomic E-state index is -0.151. The summed E-state index contributed by atoms with van der Waals surface area (Å²) >= 11 is 7.02. The number of rotatable bonds is 4. The van der Waals surface area contributed by atoms with Gasteiger partial charge in [-0.25, -0.2) is 4.39 Å². The average Bonchev–Trinajstić information content (AvgIpc) is 2.37. The van der Waals surface area contributed by atoms with Gasteiger partial charge in [-0.2, -0.15) is 0 Å². The summed E-state index contributed by atoms with van der Waals surface area (Å²) in [4.78, 5) is 0. The Morgan fingerprint density at radius 3 is 2.32 bits per heavy atom. The molecule has 0 heterocycles. The van der Waals surface area contributed by atoms with Gasteiger partial charge in [0, 0.05) is 15.0 Å². The molecule has 19 heavy (non-hydrogen) atoms. The van der Waals surface area contributed by atoms with Crippen LogP contribution in [0, 0.1) is 5.82 Å². The summed E-state index contributed by atoms with van der Waals surface area (Å²) in [7, 11) is 0. The summed E-state index contributed by atoms with van der Waals surface area (Å²) in [5.74, 6) is -0.151. The highest BCUT2D eigenvalue weighted by atomic mass is 79.9. The second-order valence-corrected chi connectivity index (χ2v) is 6.15. The molecule has 0 fully saturated rings. The van der Waals surface area contributed by atoms with Crippen LogP contribution in [0.3, 0.4) is 0 Å². The summed E-state index contributed by atoms with van der Waals surface area (Å²) in [5.41, 5.74) is 1.72. The zero-order valence-electron chi connectivity index (χ0n) is 10.5. The summed E-state index contributed by atoms with van der Waals surface area (Å²) in [5, 5.41) is 3.39. The summed E-state index contributed by atoms with van der Waals surface area (Å²) in [6.07, 6.45) is 0.639. The molecular weight excluding hydrogens is 373 g/mol. The van der Waals surface area contributed by atoms with Crippen molar-refractivity contribution in [2.75, 3.05) is 5.32 Å². The Labute approximate surface area is 129 Å². The van der Waals surface area contributed by atoms with E-state index in [1.807, 2.05) is 37.3 Å². The number of benzene rings is 2. The Balaban J connectivity index is 2.10. The zero-order chi connectivity index (χ0) is 13.8. The van der Waals surface area contributed by atoms with Crippen molar-refractivity contribution < 1.29 is 4.39 Å². The first-order valence-corrected chi connectivity index (χ1v) is 7.60. The maximum atomic E-state index is 13.6. The number of hydrogen-bond acceptors (Lipinski definition) is 1. The molecule has 4 heteroatoms. The quantitative estimate of drug-likeness (QED) is 0.742. The van der Waals surface area contributed by atoms with E-state index in [1.54, 1.807) is 6.07 Å². The van der Waals surface area contributed by atoms with Gasteiger partial charge in [-0.3, -0.25) is 0 Å². The van der Waals surface area contributed by atoms with E-state index in [2.05, 4.69) is 37.2 Å². The Morgan fingerprint density at radius 2 is 1.68 bits per heavy atom. The first kappa shape index (κ1) is 14.5. The van der Waals surface area contributed by atoms with Gasteiger partial charge in [-0.1, -0.05) is 24.3 Å². The normalized spacial score (nSPS) is 12.2. The van der Waals surface area contributed by atoms with Crippen molar-refractivity contribution in [1.82, 2.24) is 0 Å². The lowest BCUT2D eigenvalue weighted by molar-refractivity contribution is 0.601. The fourth-order valence-electron chi connectivity index (χ4n) is 1.93. The van der Waals surface area contributed by atoms with E-state index in [4.69, 9.17) is 0 Å². The largest absolute Gasteiger partial charge is 0.380 e. The van der Waals surface area contributed by atoms with Gasteiger partial charge in [0.1, 0.15) is 5.82 Å². The van der Waals surface area contributed by atoms with E-state index in [0.29, 0.717) is 6.42 Å². The number of nitrogens with one attached hydrogen (secondary N) is 1. The molecule has 0 radical (unpaired) electrons. The third-order valence-electron chi connectivity index (χ3n) is 2.84. The molecule has 0 bridgehead atoms. The first-order chi connectivity index (χ1) is 9.08. The molecule has 0 aromatic heterocycles. The van der Waals surface area contributed by atoms with E-state index in [-0.39, 0.29) is 11.9 Å². The summed E-state index contributed by atoms with van der Waals surface area (Å²) in [6, 6.07) is 12.9. The van der Waals surface area contributed by atoms with Gasteiger partial charge >= 0.3 is 0 Å². The fourth-order valence-corrected chi connectivity index (χ4v) is 3.15. The van der Waals surface area contributed by atoms with Gasteiger partial charge in [0.15, 0.2) is 0 Å². The van der Waals surface area contributed by atoms with Crippen LogP contribution < -0.4 is 5.32 Å². The minimum absolute atomic E-state index is 0.131. The zero-order valence-corrected chi connectivity index (χ0v) is 13.6. The van der Waals surface area contributed by atoms with E-state index in [0.717, 1.165) is 20.2 Å². The Morgan fingerprint density at radius 1 is 1.05 bits per heavy atom. The summed E-state index contributed by atoms with van der Waals surface area (Å²) in [6.45, 7) is 2.04. The van der Waals surface area contributed by atoms with E-state index in [1.165, 1.54) is 6.07 Å². The molecule has 2 aromatic carbocycles. The lowest BCUT2D eigenvalue weighted by atomic mass is 10.1. The maximum absolute atomic E-state index is 13.6. The van der Waals surface area contributed by atoms with Crippen LogP contribution >= 0.6 is 31.9 Å². The molecule has 0 saturated heterocycles. The average molecular weight is 387 g/mol. The Hall–Kier alpha value is -0.870. The van der Waals surface area contributed by atoms with Crippen LogP contribution in [0.25, 0.3) is 0 Å². The van der Waals surface area contributed by atoms with Gasteiger partial charge in [-0.05, 0) is 69.0 Å². The maximum Gasteiger partial charge on any atom is 0.126 e. The second-order valence-electron chi connectivity index (χ2n) is 4.44. The van der Waals surface area contributed by atoms with Crippen LogP contribution in [0.15, 0.2) is 51.4 Å². The highest BCUT2D eigenvalue weighted by Crippen LogP contribution is 2.31. The van der Waals surface area contributed by atoms with Crippen LogP contribution in [-0.2, 0) is 6.42 Å². The van der Waals surface area contributed by atoms with Crippen molar-refractivity contribution in [1.29, 1.82) is 0 Å². The predicted molar refractivity (Wildman–Crippen MR) is 85.0 cm³/mol. The fraction of sp³-hybridized carbons (Fsp3) is 0.200. The predicted octanol–water partition coefficient (Wildman–Crippen LogP) is 5.39. The van der Waals surface area contributed by atoms with Gasteiger partial charge in [0.25, 0.3) is 0 Å². The molecule has 2 aromatic rings. The lowest BCUT2D eigenvalue weighted by Crippen LogP contribution is -2.19. The first-order valence-electron chi connectivity index (χ1n) is 6.02. The minimum Gasteiger partial charge on any atom is -0.380 e. The van der Waals surface area contributed by atoms with Gasteiger partial charge in [0.05, 0.1) is 5.69 Å². The van der Waals surface area contributed by atoms with Gasteiger partial charge < -0.3 is 5.32 Å². The number of para-hydroxylation sites is 1. The highest BCUT2D eigenvalue weighted by molar-refractivity contribution is 9.11. The van der Waals surface area contributed by atoms with Crippen LogP contribution in [0.4, 0.5) is 10.1 Å². The van der Waals surface area contributed by atoms with Crippen molar-refractivity contribution in [2.45, 2.75) is 19.4 Å². The number of halogens is 3. The molecule has 1 nitrogen and oxygen atoms in total. The van der Waals surface area contributed by atoms with Crippen molar-refractivity contribution in [2.24, 2.45) is 0 Å². The van der Waals surface area contributed by atoms with Crippen molar-refractivity contribution in [3.63, 3.8) is 0 Å². The van der Waals surface area contributed by atoms with E-state index in [9.17, 15) is 4.39 Å². The molecule has 2 rings (SSSR count). The molecule has 0 aliphatic rings. The van der Waals surface area contributed by atoms with E-state index < -0.39 is 0 Å². The van der Waals surface area contributed by atoms with Crippen LogP contribution in [-0.4, -0.2) is 6.04 Å². The Kier molecular flexibility index (Phi) is 4.99. The molecule has 1 unspecified atom stereocenters. The van der Waals surface area contributed by atoms with Crippen LogP contribution in [0.2, 0.25) is 0 Å². The molecule has 0 saturated carbocycles. The van der Waals surface area contributed by atoms with Crippen molar-refractivity contribution in [3.8, 4) is 0 Å². The number of hydrogen-bond donors (Lipinski definition) is 1. The van der Waals surface area contributed by atoms with Crippen LogP contribution in [0.1, 0.15) is 12.5 Å². The molecule has 0 aliphatic carbocycles. The van der Waals surface area contributed by atoms with Crippen molar-refractivity contribution >= 4 is 37.5 Å². The van der Waals surface area contributed by atoms with E-state index >= 15 is 0 Å². The van der Waals surface area contributed by atoms with Gasteiger partial charge in [0.2, 0.25) is 0 Å². The molecule has 0 spiro atoms. The molecule has 100 valence electrons. The van der Waals surface area contributed by atoms with Crippen molar-refractivity contribution in [3.05, 3.63) is 62.8 Å². The third-order valence-corrected chi connectivity index (χ3v) is 4.16. The van der Waals surface area contributed by atoms with Crippen LogP contribution in [0.5, 0.6) is 0 Å². The lowest BCUT2D eigenvalue weighted by Gasteiger charge is -2.18. The second kappa shape index (κ2) is 6.53. The summed E-state index contributed by atoms with van der Waals surface area (Å²) < 4.78 is 15.6. The number of anilines is 1. The monoisotopic (exact) mass is 385 g/mol. The van der Waals surface area contributed by atoms with Gasteiger partial charge in [-0.15, -0.1) is 0 Å². The smallest absolute Gasteiger partial charge is 0.126 e. The molecule has 1 atom stereocenters. The molecule has 0 amide bonds.